The van der Waals surface area contributed by atoms with Gasteiger partial charge in [0.1, 0.15) is 11.4 Å². The highest BCUT2D eigenvalue weighted by Crippen LogP contribution is 2.22. The molecule has 0 bridgehead atoms. The van der Waals surface area contributed by atoms with Gasteiger partial charge in [-0.3, -0.25) is 9.89 Å². The smallest absolute Gasteiger partial charge is 0.269 e. The third-order valence-electron chi connectivity index (χ3n) is 2.72. The Labute approximate surface area is 112 Å². The number of nitrogens with one attached hydrogen (secondary N) is 2. The van der Waals surface area contributed by atoms with Gasteiger partial charge in [-0.1, -0.05) is 19.1 Å². The summed E-state index contributed by atoms with van der Waals surface area (Å²) >= 11 is 0. The lowest BCUT2D eigenvalue weighted by Gasteiger charge is -2.01. The van der Waals surface area contributed by atoms with Gasteiger partial charge in [-0.05, 0) is 24.6 Å². The molecule has 2 N–H and O–H groups in total. The molecule has 0 saturated carbocycles. The maximum atomic E-state index is 11.8. The summed E-state index contributed by atoms with van der Waals surface area (Å²) in [5.41, 5.74) is 2.09. The maximum Gasteiger partial charge on any atom is 0.269 e. The molecule has 0 saturated heterocycles. The summed E-state index contributed by atoms with van der Waals surface area (Å²) in [7, 11) is 1.62. The molecule has 1 aromatic carbocycles. The quantitative estimate of drug-likeness (QED) is 0.865. The topological polar surface area (TPSA) is 67.0 Å². The number of benzene rings is 1. The van der Waals surface area contributed by atoms with E-state index in [1.165, 1.54) is 0 Å². The molecule has 5 nitrogen and oxygen atoms in total. The molecule has 0 aliphatic heterocycles. The van der Waals surface area contributed by atoms with E-state index in [1.807, 2.05) is 31.2 Å². The Morgan fingerprint density at radius 3 is 3.00 bits per heavy atom. The van der Waals surface area contributed by atoms with Crippen molar-refractivity contribution in [3.63, 3.8) is 0 Å². The second-order valence-corrected chi connectivity index (χ2v) is 4.15. The number of ether oxygens (including phenoxy) is 1. The highest BCUT2D eigenvalue weighted by atomic mass is 16.5. The zero-order valence-corrected chi connectivity index (χ0v) is 11.1. The van der Waals surface area contributed by atoms with Crippen LogP contribution in [0.4, 0.5) is 0 Å². The fourth-order valence-electron chi connectivity index (χ4n) is 1.70. The molecule has 0 spiro atoms. The molecule has 2 rings (SSSR count). The first-order valence-electron chi connectivity index (χ1n) is 6.22. The van der Waals surface area contributed by atoms with Gasteiger partial charge in [0.05, 0.1) is 12.8 Å². The van der Waals surface area contributed by atoms with Crippen LogP contribution < -0.4 is 10.1 Å². The van der Waals surface area contributed by atoms with Gasteiger partial charge in [0.25, 0.3) is 5.91 Å². The molecule has 0 radical (unpaired) electrons. The van der Waals surface area contributed by atoms with Gasteiger partial charge in [-0.2, -0.15) is 5.10 Å². The predicted octanol–water partition coefficient (Wildman–Crippen LogP) is 2.23. The van der Waals surface area contributed by atoms with E-state index in [2.05, 4.69) is 15.5 Å². The van der Waals surface area contributed by atoms with E-state index in [-0.39, 0.29) is 5.91 Å². The van der Waals surface area contributed by atoms with E-state index in [4.69, 9.17) is 4.74 Å². The van der Waals surface area contributed by atoms with E-state index in [1.54, 1.807) is 13.2 Å². The van der Waals surface area contributed by atoms with E-state index < -0.39 is 0 Å². The molecule has 2 aromatic rings. The molecule has 1 aromatic heterocycles. The van der Waals surface area contributed by atoms with Crippen LogP contribution in [-0.2, 0) is 0 Å². The molecule has 100 valence electrons. The lowest BCUT2D eigenvalue weighted by atomic mass is 10.1. The van der Waals surface area contributed by atoms with E-state index in [0.717, 1.165) is 23.4 Å². The summed E-state index contributed by atoms with van der Waals surface area (Å²) in [5.74, 6) is 0.626. The zero-order chi connectivity index (χ0) is 13.7. The number of rotatable bonds is 5. The predicted molar refractivity (Wildman–Crippen MR) is 73.2 cm³/mol. The largest absolute Gasteiger partial charge is 0.497 e. The Hall–Kier alpha value is -2.30. The SMILES string of the molecule is CCCNC(=O)c1cc(-c2cccc(OC)c2)n[nH]1. The molecule has 5 heteroatoms. The van der Waals surface area contributed by atoms with Gasteiger partial charge in [0.2, 0.25) is 0 Å². The van der Waals surface area contributed by atoms with Crippen molar-refractivity contribution in [3.05, 3.63) is 36.0 Å². The van der Waals surface area contributed by atoms with Crippen molar-refractivity contribution in [1.29, 1.82) is 0 Å². The van der Waals surface area contributed by atoms with Crippen molar-refractivity contribution in [2.75, 3.05) is 13.7 Å². The van der Waals surface area contributed by atoms with Crippen molar-refractivity contribution in [2.45, 2.75) is 13.3 Å². The monoisotopic (exact) mass is 259 g/mol. The first kappa shape index (κ1) is 13.1. The van der Waals surface area contributed by atoms with Crippen LogP contribution in [0.5, 0.6) is 5.75 Å². The minimum Gasteiger partial charge on any atom is -0.497 e. The number of aromatic nitrogens is 2. The normalized spacial score (nSPS) is 10.2. The number of hydrogen-bond acceptors (Lipinski definition) is 3. The van der Waals surface area contributed by atoms with Gasteiger partial charge >= 0.3 is 0 Å². The summed E-state index contributed by atoms with van der Waals surface area (Å²) in [4.78, 5) is 11.8. The van der Waals surface area contributed by atoms with Crippen LogP contribution in [0, 0.1) is 0 Å². The third kappa shape index (κ3) is 3.13. The second kappa shape index (κ2) is 6.04. The molecule has 0 unspecified atom stereocenters. The summed E-state index contributed by atoms with van der Waals surface area (Å²) in [6, 6.07) is 9.29. The van der Waals surface area contributed by atoms with Crippen molar-refractivity contribution < 1.29 is 9.53 Å². The van der Waals surface area contributed by atoms with Gasteiger partial charge in [0.15, 0.2) is 0 Å². The minimum absolute atomic E-state index is 0.136. The van der Waals surface area contributed by atoms with E-state index in [0.29, 0.717) is 12.2 Å². The molecule has 1 heterocycles. The van der Waals surface area contributed by atoms with Gasteiger partial charge in [-0.25, -0.2) is 0 Å². The molecule has 0 atom stereocenters. The average Bonchev–Trinajstić information content (AvgIpc) is 2.94. The molecule has 0 fully saturated rings. The fourth-order valence-corrected chi connectivity index (χ4v) is 1.70. The van der Waals surface area contributed by atoms with Crippen LogP contribution in [0.1, 0.15) is 23.8 Å². The number of nitrogens with zero attached hydrogens (tertiary/aromatic N) is 1. The molecular formula is C14H17N3O2. The summed E-state index contributed by atoms with van der Waals surface area (Å²) in [5, 5.41) is 9.70. The van der Waals surface area contributed by atoms with Crippen LogP contribution >= 0.6 is 0 Å². The van der Waals surface area contributed by atoms with Crippen LogP contribution in [0.25, 0.3) is 11.3 Å². The van der Waals surface area contributed by atoms with Crippen molar-refractivity contribution in [3.8, 4) is 17.0 Å². The van der Waals surface area contributed by atoms with Crippen molar-refractivity contribution in [2.24, 2.45) is 0 Å². The molecule has 0 aliphatic carbocycles. The number of carbonyl (C=O) groups excluding carboxylic acids is 1. The van der Waals surface area contributed by atoms with Crippen molar-refractivity contribution >= 4 is 5.91 Å². The first-order valence-corrected chi connectivity index (χ1v) is 6.22. The van der Waals surface area contributed by atoms with Crippen LogP contribution in [0.3, 0.4) is 0 Å². The molecule has 0 aliphatic rings. The minimum atomic E-state index is -0.136. The number of H-pyrrole nitrogens is 1. The Kier molecular flexibility index (Phi) is 4.18. The number of amides is 1. The zero-order valence-electron chi connectivity index (χ0n) is 11.1. The third-order valence-corrected chi connectivity index (χ3v) is 2.72. The van der Waals surface area contributed by atoms with Gasteiger partial charge in [0, 0.05) is 12.1 Å². The fraction of sp³-hybridized carbons (Fsp3) is 0.286. The Morgan fingerprint density at radius 1 is 1.42 bits per heavy atom. The number of aromatic amines is 1. The van der Waals surface area contributed by atoms with E-state index >= 15 is 0 Å². The van der Waals surface area contributed by atoms with Crippen molar-refractivity contribution in [1.82, 2.24) is 15.5 Å². The highest BCUT2D eigenvalue weighted by Gasteiger charge is 2.10. The van der Waals surface area contributed by atoms with Crippen LogP contribution in [0.2, 0.25) is 0 Å². The number of hydrogen-bond donors (Lipinski definition) is 2. The molecular weight excluding hydrogens is 242 g/mol. The Balaban J connectivity index is 2.18. The molecule has 19 heavy (non-hydrogen) atoms. The first-order chi connectivity index (χ1) is 9.24. The van der Waals surface area contributed by atoms with Gasteiger partial charge in [-0.15, -0.1) is 0 Å². The van der Waals surface area contributed by atoms with Gasteiger partial charge < -0.3 is 10.1 Å². The number of methoxy groups -OCH3 is 1. The summed E-state index contributed by atoms with van der Waals surface area (Å²) in [6.07, 6.45) is 0.905. The maximum absolute atomic E-state index is 11.8. The second-order valence-electron chi connectivity index (χ2n) is 4.15. The average molecular weight is 259 g/mol. The number of carbonyl (C=O) groups is 1. The Bertz CT molecular complexity index is 563. The summed E-state index contributed by atoms with van der Waals surface area (Å²) < 4.78 is 5.17. The van der Waals surface area contributed by atoms with E-state index in [9.17, 15) is 4.79 Å². The summed E-state index contributed by atoms with van der Waals surface area (Å²) in [6.45, 7) is 2.67. The highest BCUT2D eigenvalue weighted by molar-refractivity contribution is 5.93. The lowest BCUT2D eigenvalue weighted by Crippen LogP contribution is -2.24. The van der Waals surface area contributed by atoms with Crippen LogP contribution in [0.15, 0.2) is 30.3 Å². The standard InChI is InChI=1S/C14H17N3O2/c1-3-7-15-14(18)13-9-12(16-17-13)10-5-4-6-11(8-10)19-2/h4-6,8-9H,3,7H2,1-2H3,(H,15,18)(H,16,17). The van der Waals surface area contributed by atoms with Crippen LogP contribution in [-0.4, -0.2) is 29.8 Å². The Morgan fingerprint density at radius 2 is 2.26 bits per heavy atom. The molecule has 1 amide bonds. The lowest BCUT2D eigenvalue weighted by molar-refractivity contribution is 0.0948.